The van der Waals surface area contributed by atoms with Gasteiger partial charge in [-0.05, 0) is 107 Å². The predicted octanol–water partition coefficient (Wildman–Crippen LogP) is 6.65. The van der Waals surface area contributed by atoms with Gasteiger partial charge in [0.25, 0.3) is 0 Å². The van der Waals surface area contributed by atoms with E-state index in [-0.39, 0.29) is 41.4 Å². The van der Waals surface area contributed by atoms with E-state index in [1.165, 1.54) is 16.0 Å². The SMILES string of the molecule is CCC1=C2[C@@H](CC/C(=C/c3cc(I)c(O)c(OC)c3)c3ccccn3)OC[C@@H]2[C@@H]2C(=O)N(c3ccccc3)C(=O)[C@@H]2C1. The zero-order valence-corrected chi connectivity index (χ0v) is 25.8. The number of amides is 2. The Morgan fingerprint density at radius 3 is 2.62 bits per heavy atom. The van der Waals surface area contributed by atoms with Gasteiger partial charge in [-0.15, -0.1) is 0 Å². The van der Waals surface area contributed by atoms with Crippen molar-refractivity contribution in [3.05, 3.63) is 92.8 Å². The summed E-state index contributed by atoms with van der Waals surface area (Å²) in [7, 11) is 1.54. The normalized spacial score (nSPS) is 23.8. The Morgan fingerprint density at radius 2 is 1.90 bits per heavy atom. The highest BCUT2D eigenvalue weighted by molar-refractivity contribution is 14.1. The molecule has 1 aromatic heterocycles. The van der Waals surface area contributed by atoms with Gasteiger partial charge in [0.1, 0.15) is 0 Å². The van der Waals surface area contributed by atoms with Crippen LogP contribution < -0.4 is 9.64 Å². The lowest BCUT2D eigenvalue weighted by Crippen LogP contribution is -2.34. The number of phenols is 1. The van der Waals surface area contributed by atoms with E-state index in [1.54, 1.807) is 13.3 Å². The molecule has 0 bridgehead atoms. The maximum Gasteiger partial charge on any atom is 0.238 e. The minimum absolute atomic E-state index is 0.0842. The summed E-state index contributed by atoms with van der Waals surface area (Å²) >= 11 is 2.10. The molecule has 1 aliphatic carbocycles. The molecule has 2 amide bonds. The van der Waals surface area contributed by atoms with Gasteiger partial charge in [0, 0.05) is 12.1 Å². The highest BCUT2D eigenvalue weighted by atomic mass is 127. The summed E-state index contributed by atoms with van der Waals surface area (Å²) < 4.78 is 12.5. The molecule has 4 atom stereocenters. The quantitative estimate of drug-likeness (QED) is 0.163. The second kappa shape index (κ2) is 12.0. The number of imide groups is 1. The Bertz CT molecular complexity index is 1570. The monoisotopic (exact) mass is 676 g/mol. The van der Waals surface area contributed by atoms with Crippen molar-refractivity contribution in [2.24, 2.45) is 17.8 Å². The van der Waals surface area contributed by atoms with Crippen molar-refractivity contribution in [3.8, 4) is 11.5 Å². The van der Waals surface area contributed by atoms with Gasteiger partial charge < -0.3 is 14.6 Å². The number of methoxy groups -OCH3 is 1. The number of aromatic hydroxyl groups is 1. The van der Waals surface area contributed by atoms with Crippen LogP contribution in [0.4, 0.5) is 5.69 Å². The number of allylic oxidation sites excluding steroid dienone is 2. The van der Waals surface area contributed by atoms with Crippen molar-refractivity contribution < 1.29 is 24.2 Å². The summed E-state index contributed by atoms with van der Waals surface area (Å²) in [6.45, 7) is 2.58. The maximum atomic E-state index is 13.7. The van der Waals surface area contributed by atoms with Crippen LogP contribution in [0.3, 0.4) is 0 Å². The Balaban J connectivity index is 1.28. The summed E-state index contributed by atoms with van der Waals surface area (Å²) in [6.07, 6.45) is 6.61. The number of pyridine rings is 1. The van der Waals surface area contributed by atoms with Crippen molar-refractivity contribution in [2.45, 2.75) is 38.7 Å². The Morgan fingerprint density at radius 1 is 1.12 bits per heavy atom. The molecule has 1 N–H and O–H groups in total. The van der Waals surface area contributed by atoms with Crippen LogP contribution in [-0.2, 0) is 14.3 Å². The van der Waals surface area contributed by atoms with Gasteiger partial charge in [0.2, 0.25) is 11.8 Å². The van der Waals surface area contributed by atoms with E-state index < -0.39 is 0 Å². The lowest BCUT2D eigenvalue weighted by atomic mass is 9.69. The van der Waals surface area contributed by atoms with Crippen LogP contribution in [0, 0.1) is 21.3 Å². The standard InChI is InChI=1S/C34H33IN2O5/c1-3-21-18-24-31(34(40)37(33(24)39)23-9-5-4-6-10-23)25-19-42-28(30(21)25)13-12-22(27-11-7-8-14-36-27)15-20-16-26(35)32(38)29(17-20)41-2/h4-11,14-17,24-25,28,31,38H,3,12-13,18-19H2,1-2H3/b22-15-/t24-,25+,28-,31-/m1/s1. The molecule has 2 aliphatic heterocycles. The number of carbonyl (C=O) groups is 2. The molecule has 7 nitrogen and oxygen atoms in total. The number of ether oxygens (including phenoxy) is 2. The molecule has 3 aliphatic rings. The molecule has 0 spiro atoms. The van der Waals surface area contributed by atoms with E-state index in [9.17, 15) is 14.7 Å². The molecular formula is C34H33IN2O5. The fourth-order valence-electron chi connectivity index (χ4n) is 6.79. The molecule has 6 rings (SSSR count). The number of rotatable bonds is 8. The second-order valence-corrected chi connectivity index (χ2v) is 12.2. The minimum atomic E-state index is -0.384. The fraction of sp³-hybridized carbons (Fsp3) is 0.324. The van der Waals surface area contributed by atoms with Crippen LogP contribution >= 0.6 is 22.6 Å². The number of halogens is 1. The topological polar surface area (TPSA) is 89.0 Å². The molecule has 2 fully saturated rings. The van der Waals surface area contributed by atoms with Crippen molar-refractivity contribution in [3.63, 3.8) is 0 Å². The number of carbonyl (C=O) groups excluding carboxylic acids is 2. The van der Waals surface area contributed by atoms with Crippen LogP contribution in [0.2, 0.25) is 0 Å². The van der Waals surface area contributed by atoms with Gasteiger partial charge in [0.15, 0.2) is 11.5 Å². The zero-order valence-electron chi connectivity index (χ0n) is 23.6. The lowest BCUT2D eigenvalue weighted by molar-refractivity contribution is -0.122. The second-order valence-electron chi connectivity index (χ2n) is 11.0. The zero-order chi connectivity index (χ0) is 29.4. The van der Waals surface area contributed by atoms with Gasteiger partial charge in [-0.2, -0.15) is 0 Å². The van der Waals surface area contributed by atoms with E-state index in [4.69, 9.17) is 9.47 Å². The Labute approximate surface area is 259 Å². The van der Waals surface area contributed by atoms with Crippen molar-refractivity contribution in [1.29, 1.82) is 0 Å². The van der Waals surface area contributed by atoms with Gasteiger partial charge in [0.05, 0.1) is 46.6 Å². The molecule has 3 heterocycles. The number of anilines is 1. The molecule has 2 saturated heterocycles. The summed E-state index contributed by atoms with van der Waals surface area (Å²) in [5.74, 6) is -0.457. The number of benzene rings is 2. The molecule has 0 radical (unpaired) electrons. The highest BCUT2D eigenvalue weighted by Gasteiger charge is 2.57. The number of para-hydroxylation sites is 1. The van der Waals surface area contributed by atoms with Crippen molar-refractivity contribution in [1.82, 2.24) is 4.98 Å². The van der Waals surface area contributed by atoms with Crippen LogP contribution in [0.5, 0.6) is 11.5 Å². The average Bonchev–Trinajstić information content (AvgIpc) is 3.55. The van der Waals surface area contributed by atoms with Gasteiger partial charge in [-0.25, -0.2) is 0 Å². The van der Waals surface area contributed by atoms with Crippen LogP contribution in [0.1, 0.15) is 43.9 Å². The van der Waals surface area contributed by atoms with Crippen molar-refractivity contribution in [2.75, 3.05) is 18.6 Å². The summed E-state index contributed by atoms with van der Waals surface area (Å²) in [5, 5.41) is 10.3. The van der Waals surface area contributed by atoms with E-state index in [2.05, 4.69) is 40.6 Å². The molecule has 42 heavy (non-hydrogen) atoms. The molecule has 216 valence electrons. The van der Waals surface area contributed by atoms with E-state index >= 15 is 0 Å². The Kier molecular flexibility index (Phi) is 8.18. The first kappa shape index (κ1) is 28.6. The maximum absolute atomic E-state index is 13.7. The van der Waals surface area contributed by atoms with Crippen LogP contribution in [-0.4, -0.2) is 41.7 Å². The molecule has 2 aromatic carbocycles. The minimum Gasteiger partial charge on any atom is -0.504 e. The molecule has 3 aromatic rings. The first-order chi connectivity index (χ1) is 20.4. The third-order valence-corrected chi connectivity index (χ3v) is 9.55. The smallest absolute Gasteiger partial charge is 0.238 e. The van der Waals surface area contributed by atoms with Crippen molar-refractivity contribution >= 4 is 51.7 Å². The van der Waals surface area contributed by atoms with Gasteiger partial charge in [-0.3, -0.25) is 19.5 Å². The van der Waals surface area contributed by atoms with E-state index in [0.29, 0.717) is 34.5 Å². The molecule has 8 heteroatoms. The summed E-state index contributed by atoms with van der Waals surface area (Å²) in [5.41, 5.74) is 5.93. The largest absolute Gasteiger partial charge is 0.504 e. The molecule has 0 unspecified atom stereocenters. The van der Waals surface area contributed by atoms with E-state index in [1.807, 2.05) is 60.7 Å². The predicted molar refractivity (Wildman–Crippen MR) is 170 cm³/mol. The third-order valence-electron chi connectivity index (χ3n) is 8.73. The lowest BCUT2D eigenvalue weighted by Gasteiger charge is -2.31. The number of hydrogen-bond acceptors (Lipinski definition) is 6. The summed E-state index contributed by atoms with van der Waals surface area (Å²) in [6, 6.07) is 18.9. The van der Waals surface area contributed by atoms with Crippen LogP contribution in [0.15, 0.2) is 78.0 Å². The number of aromatic nitrogens is 1. The average molecular weight is 677 g/mol. The fourth-order valence-corrected chi connectivity index (χ4v) is 7.42. The number of nitrogens with zero attached hydrogens (tertiary/aromatic N) is 2. The van der Waals surface area contributed by atoms with Crippen LogP contribution in [0.25, 0.3) is 11.6 Å². The number of hydrogen-bond donors (Lipinski definition) is 1. The number of fused-ring (bicyclic) bond motifs is 3. The molecule has 0 saturated carbocycles. The Hall–Kier alpha value is -3.50. The van der Waals surface area contributed by atoms with Gasteiger partial charge in [-0.1, -0.05) is 36.8 Å². The van der Waals surface area contributed by atoms with E-state index in [0.717, 1.165) is 29.7 Å². The summed E-state index contributed by atoms with van der Waals surface area (Å²) in [4.78, 5) is 33.3. The number of phenolic OH excluding ortho intramolecular Hbond substituents is 1. The first-order valence-corrected chi connectivity index (χ1v) is 15.4. The third kappa shape index (κ3) is 5.15. The highest BCUT2D eigenvalue weighted by Crippen LogP contribution is 2.51. The first-order valence-electron chi connectivity index (χ1n) is 14.4. The molecular weight excluding hydrogens is 643 g/mol. The van der Waals surface area contributed by atoms with Gasteiger partial charge >= 0.3 is 0 Å².